The number of halogens is 1. The number of benzene rings is 3. The van der Waals surface area contributed by atoms with Crippen molar-refractivity contribution in [2.45, 2.75) is 12.5 Å². The van der Waals surface area contributed by atoms with Gasteiger partial charge in [0.05, 0.1) is 18.8 Å². The predicted molar refractivity (Wildman–Crippen MR) is 98.7 cm³/mol. The van der Waals surface area contributed by atoms with E-state index in [0.717, 1.165) is 24.3 Å². The first kappa shape index (κ1) is 15.7. The molecule has 1 aliphatic heterocycles. The summed E-state index contributed by atoms with van der Waals surface area (Å²) in [7, 11) is 1.69. The second-order valence-corrected chi connectivity index (χ2v) is 6.27. The molecule has 0 bridgehead atoms. The highest BCUT2D eigenvalue weighted by atomic mass is 19.1. The fourth-order valence-corrected chi connectivity index (χ4v) is 3.67. The smallest absolute Gasteiger partial charge is 0.146 e. The summed E-state index contributed by atoms with van der Waals surface area (Å²) in [5, 5.41) is 0. The van der Waals surface area contributed by atoms with E-state index in [-0.39, 0.29) is 11.9 Å². The van der Waals surface area contributed by atoms with Gasteiger partial charge in [-0.1, -0.05) is 48.5 Å². The number of ether oxygens (including phenoxy) is 1. The van der Waals surface area contributed by atoms with Crippen LogP contribution in [0.2, 0.25) is 0 Å². The quantitative estimate of drug-likeness (QED) is 0.670. The van der Waals surface area contributed by atoms with Crippen LogP contribution in [0.15, 0.2) is 72.8 Å². The second-order valence-electron chi connectivity index (χ2n) is 6.27. The minimum atomic E-state index is -0.180. The average molecular weight is 333 g/mol. The highest BCUT2D eigenvalue weighted by molar-refractivity contribution is 5.57. The van der Waals surface area contributed by atoms with Gasteiger partial charge in [-0.2, -0.15) is 0 Å². The molecule has 4 rings (SSSR count). The molecule has 0 radical (unpaired) electrons. The molecule has 126 valence electrons. The molecule has 3 heteroatoms. The second kappa shape index (κ2) is 6.60. The molecular weight excluding hydrogens is 313 g/mol. The normalized spacial score (nSPS) is 16.4. The van der Waals surface area contributed by atoms with Crippen molar-refractivity contribution in [3.05, 3.63) is 95.3 Å². The number of hydrogen-bond acceptors (Lipinski definition) is 2. The molecule has 3 aromatic rings. The van der Waals surface area contributed by atoms with Crippen LogP contribution in [0.5, 0.6) is 5.75 Å². The van der Waals surface area contributed by atoms with Crippen molar-refractivity contribution in [3.8, 4) is 5.75 Å². The summed E-state index contributed by atoms with van der Waals surface area (Å²) in [4.78, 5) is 2.17. The van der Waals surface area contributed by atoms with Crippen molar-refractivity contribution in [2.75, 3.05) is 18.6 Å². The van der Waals surface area contributed by atoms with Crippen LogP contribution in [0.1, 0.15) is 22.7 Å². The number of hydrogen-bond donors (Lipinski definition) is 0. The van der Waals surface area contributed by atoms with Crippen molar-refractivity contribution in [3.63, 3.8) is 0 Å². The van der Waals surface area contributed by atoms with Crippen molar-refractivity contribution < 1.29 is 9.13 Å². The summed E-state index contributed by atoms with van der Waals surface area (Å²) in [5.41, 5.74) is 4.29. The summed E-state index contributed by atoms with van der Waals surface area (Å²) in [6.45, 7) is 0.765. The minimum absolute atomic E-state index is 0.00671. The van der Waals surface area contributed by atoms with Crippen LogP contribution in [0.4, 0.5) is 10.1 Å². The van der Waals surface area contributed by atoms with Crippen LogP contribution in [0.3, 0.4) is 0 Å². The van der Waals surface area contributed by atoms with Gasteiger partial charge in [0.2, 0.25) is 0 Å². The van der Waals surface area contributed by atoms with Gasteiger partial charge in [-0.3, -0.25) is 0 Å². The highest BCUT2D eigenvalue weighted by Gasteiger charge is 2.30. The van der Waals surface area contributed by atoms with Gasteiger partial charge in [0.1, 0.15) is 11.6 Å². The number of nitrogens with zero attached hydrogens (tertiary/aromatic N) is 1. The minimum Gasteiger partial charge on any atom is -0.497 e. The molecule has 0 unspecified atom stereocenters. The Bertz CT molecular complexity index is 878. The molecule has 0 amide bonds. The molecular formula is C22H20FNO. The maximum Gasteiger partial charge on any atom is 0.146 e. The summed E-state index contributed by atoms with van der Waals surface area (Å²) in [5.74, 6) is 0.685. The Morgan fingerprint density at radius 1 is 0.960 bits per heavy atom. The van der Waals surface area contributed by atoms with E-state index >= 15 is 0 Å². The number of anilines is 1. The van der Waals surface area contributed by atoms with Crippen LogP contribution in [-0.2, 0) is 6.42 Å². The van der Waals surface area contributed by atoms with Crippen molar-refractivity contribution in [1.29, 1.82) is 0 Å². The molecule has 2 nitrogen and oxygen atoms in total. The fourth-order valence-electron chi connectivity index (χ4n) is 3.67. The zero-order chi connectivity index (χ0) is 17.2. The first-order valence-corrected chi connectivity index (χ1v) is 8.51. The predicted octanol–water partition coefficient (Wildman–Crippen LogP) is 4.99. The van der Waals surface area contributed by atoms with Gasteiger partial charge >= 0.3 is 0 Å². The molecule has 0 saturated heterocycles. The van der Waals surface area contributed by atoms with E-state index in [1.54, 1.807) is 13.2 Å². The Balaban J connectivity index is 1.86. The van der Waals surface area contributed by atoms with Crippen molar-refractivity contribution in [1.82, 2.24) is 0 Å². The van der Waals surface area contributed by atoms with E-state index in [9.17, 15) is 4.39 Å². The van der Waals surface area contributed by atoms with E-state index in [4.69, 9.17) is 4.74 Å². The van der Waals surface area contributed by atoms with E-state index in [2.05, 4.69) is 29.2 Å². The first-order valence-electron chi connectivity index (χ1n) is 8.51. The standard InChI is InChI=1S/C22H20FNO/c1-25-18-11-12-19-17(15-18)13-14-24(21-10-6-5-9-20(21)23)22(19)16-7-3-2-4-8-16/h2-12,15,22H,13-14H2,1H3/t22-/m0/s1. The third-order valence-electron chi connectivity index (χ3n) is 4.86. The Morgan fingerprint density at radius 3 is 2.48 bits per heavy atom. The van der Waals surface area contributed by atoms with Crippen molar-refractivity contribution >= 4 is 5.69 Å². The lowest BCUT2D eigenvalue weighted by Crippen LogP contribution is -2.36. The Hall–Kier alpha value is -2.81. The highest BCUT2D eigenvalue weighted by Crippen LogP contribution is 2.40. The van der Waals surface area contributed by atoms with Gasteiger partial charge in [-0.25, -0.2) is 4.39 Å². The maximum absolute atomic E-state index is 14.5. The maximum atomic E-state index is 14.5. The molecule has 0 spiro atoms. The zero-order valence-corrected chi connectivity index (χ0v) is 14.2. The third-order valence-corrected chi connectivity index (χ3v) is 4.86. The third kappa shape index (κ3) is 2.86. The number of fused-ring (bicyclic) bond motifs is 1. The van der Waals surface area contributed by atoms with Gasteiger partial charge in [0.15, 0.2) is 0 Å². The van der Waals surface area contributed by atoms with Crippen LogP contribution in [-0.4, -0.2) is 13.7 Å². The summed E-state index contributed by atoms with van der Waals surface area (Å²) in [6, 6.07) is 23.5. The molecule has 0 fully saturated rings. The molecule has 1 atom stereocenters. The number of methoxy groups -OCH3 is 1. The Kier molecular flexibility index (Phi) is 4.14. The van der Waals surface area contributed by atoms with Gasteiger partial charge in [-0.15, -0.1) is 0 Å². The molecule has 3 aromatic carbocycles. The summed E-state index contributed by atoms with van der Waals surface area (Å²) < 4.78 is 19.9. The molecule has 0 saturated carbocycles. The van der Waals surface area contributed by atoms with Gasteiger partial charge in [0, 0.05) is 6.54 Å². The lowest BCUT2D eigenvalue weighted by molar-refractivity contribution is 0.413. The monoisotopic (exact) mass is 333 g/mol. The van der Waals surface area contributed by atoms with E-state index in [1.807, 2.05) is 36.4 Å². The average Bonchev–Trinajstić information content (AvgIpc) is 2.68. The number of para-hydroxylation sites is 1. The van der Waals surface area contributed by atoms with Crippen LogP contribution in [0.25, 0.3) is 0 Å². The van der Waals surface area contributed by atoms with E-state index < -0.39 is 0 Å². The molecule has 1 heterocycles. The van der Waals surface area contributed by atoms with Gasteiger partial charge in [0.25, 0.3) is 0 Å². The van der Waals surface area contributed by atoms with Gasteiger partial charge < -0.3 is 9.64 Å². The fraction of sp³-hybridized carbons (Fsp3) is 0.182. The van der Waals surface area contributed by atoms with E-state index in [1.165, 1.54) is 17.2 Å². The van der Waals surface area contributed by atoms with Crippen LogP contribution in [0, 0.1) is 5.82 Å². The van der Waals surface area contributed by atoms with Crippen LogP contribution >= 0.6 is 0 Å². The molecule has 25 heavy (non-hydrogen) atoms. The molecule has 0 aliphatic carbocycles. The first-order chi connectivity index (χ1) is 12.3. The zero-order valence-electron chi connectivity index (χ0n) is 14.2. The summed E-state index contributed by atoms with van der Waals surface area (Å²) >= 11 is 0. The van der Waals surface area contributed by atoms with Crippen LogP contribution < -0.4 is 9.64 Å². The SMILES string of the molecule is COc1ccc2c(c1)CCN(c1ccccc1F)[C@H]2c1ccccc1. The largest absolute Gasteiger partial charge is 0.497 e. The number of rotatable bonds is 3. The topological polar surface area (TPSA) is 12.5 Å². The van der Waals surface area contributed by atoms with Gasteiger partial charge in [-0.05, 0) is 47.4 Å². The van der Waals surface area contributed by atoms with E-state index in [0.29, 0.717) is 5.69 Å². The summed E-state index contributed by atoms with van der Waals surface area (Å²) in [6.07, 6.45) is 0.865. The Labute approximate surface area is 147 Å². The Morgan fingerprint density at radius 2 is 1.72 bits per heavy atom. The lowest BCUT2D eigenvalue weighted by atomic mass is 9.87. The van der Waals surface area contributed by atoms with Crippen molar-refractivity contribution in [2.24, 2.45) is 0 Å². The molecule has 0 N–H and O–H groups in total. The molecule has 1 aliphatic rings. The lowest BCUT2D eigenvalue weighted by Gasteiger charge is -2.39. The molecule has 0 aromatic heterocycles.